The van der Waals surface area contributed by atoms with Crippen LogP contribution in [0.25, 0.3) is 0 Å². The maximum absolute atomic E-state index is 11.6. The second-order valence-electron chi connectivity index (χ2n) is 7.50. The van der Waals surface area contributed by atoms with Crippen LogP contribution in [-0.4, -0.2) is 50.1 Å². The summed E-state index contributed by atoms with van der Waals surface area (Å²) in [6.45, 7) is 15.2. The van der Waals surface area contributed by atoms with Gasteiger partial charge < -0.3 is 30.6 Å². The summed E-state index contributed by atoms with van der Waals surface area (Å²) in [4.78, 5) is 32.4. The average Bonchev–Trinajstić information content (AvgIpc) is 2.71. The molecule has 0 heterocycles. The predicted octanol–water partition coefficient (Wildman–Crippen LogP) is 3.06. The van der Waals surface area contributed by atoms with E-state index >= 15 is 0 Å². The molecular weight excluding hydrogens is 416 g/mol. The molecule has 0 aromatic carbocycles. The van der Waals surface area contributed by atoms with Crippen LogP contribution in [0.3, 0.4) is 0 Å². The monoisotopic (exact) mass is 452 g/mol. The number of hydrogen-bond acceptors (Lipinski definition) is 8. The summed E-state index contributed by atoms with van der Waals surface area (Å²) >= 11 is 0. The van der Waals surface area contributed by atoms with Crippen molar-refractivity contribution >= 4 is 18.7 Å². The number of amides is 2. The summed E-state index contributed by atoms with van der Waals surface area (Å²) in [5, 5.41) is 13.1. The van der Waals surface area contributed by atoms with Gasteiger partial charge in [-0.2, -0.15) is 5.26 Å². The van der Waals surface area contributed by atoms with Gasteiger partial charge in [-0.15, -0.1) is 0 Å². The van der Waals surface area contributed by atoms with E-state index in [9.17, 15) is 14.4 Å². The summed E-state index contributed by atoms with van der Waals surface area (Å²) in [5.74, 6) is 0. The maximum Gasteiger partial charge on any atom is 0.407 e. The van der Waals surface area contributed by atoms with Crippen molar-refractivity contribution in [1.29, 1.82) is 5.26 Å². The number of ether oxygens (including phenoxy) is 3. The summed E-state index contributed by atoms with van der Waals surface area (Å²) in [5.41, 5.74) is 6.22. The Morgan fingerprint density at radius 2 is 1.84 bits per heavy atom. The highest BCUT2D eigenvalue weighted by molar-refractivity contribution is 5.68. The van der Waals surface area contributed by atoms with Gasteiger partial charge in [-0.05, 0) is 53.0 Å². The third-order valence-electron chi connectivity index (χ3n) is 3.51. The lowest BCUT2D eigenvalue weighted by atomic mass is 10.1. The van der Waals surface area contributed by atoms with E-state index in [1.807, 2.05) is 27.7 Å². The lowest BCUT2D eigenvalue weighted by Crippen LogP contribution is -2.37. The van der Waals surface area contributed by atoms with Gasteiger partial charge in [0.1, 0.15) is 18.3 Å². The highest BCUT2D eigenvalue weighted by atomic mass is 16.6. The molecule has 2 amide bonds. The third kappa shape index (κ3) is 19.8. The van der Waals surface area contributed by atoms with Crippen molar-refractivity contribution in [3.63, 3.8) is 0 Å². The minimum Gasteiger partial charge on any atom is -0.452 e. The van der Waals surface area contributed by atoms with E-state index in [1.165, 1.54) is 12.2 Å². The van der Waals surface area contributed by atoms with Crippen LogP contribution in [0.5, 0.6) is 0 Å². The van der Waals surface area contributed by atoms with Gasteiger partial charge in [-0.3, -0.25) is 4.79 Å². The largest absolute Gasteiger partial charge is 0.452 e. The molecule has 0 rings (SSSR count). The van der Waals surface area contributed by atoms with Gasteiger partial charge in [0.25, 0.3) is 6.47 Å². The van der Waals surface area contributed by atoms with Crippen molar-refractivity contribution in [2.75, 3.05) is 19.8 Å². The van der Waals surface area contributed by atoms with Gasteiger partial charge in [0.2, 0.25) is 0 Å². The number of alkyl carbamates (subject to hydrolysis) is 2. The molecule has 0 saturated carbocycles. The summed E-state index contributed by atoms with van der Waals surface area (Å²) in [6, 6.07) is 1.61. The van der Waals surface area contributed by atoms with Crippen molar-refractivity contribution in [1.82, 2.24) is 10.6 Å². The van der Waals surface area contributed by atoms with Crippen LogP contribution >= 0.6 is 0 Å². The molecule has 0 radical (unpaired) electrons. The molecule has 0 spiro atoms. The third-order valence-corrected chi connectivity index (χ3v) is 3.51. The zero-order valence-electron chi connectivity index (χ0n) is 19.4. The number of nitrogens with zero attached hydrogens (tertiary/aromatic N) is 1. The van der Waals surface area contributed by atoms with Crippen molar-refractivity contribution in [2.45, 2.75) is 58.6 Å². The highest BCUT2D eigenvalue weighted by Gasteiger charge is 2.17. The Morgan fingerprint density at radius 1 is 1.19 bits per heavy atom. The first-order valence-electron chi connectivity index (χ1n) is 10.1. The van der Waals surface area contributed by atoms with Crippen LogP contribution in [0.2, 0.25) is 0 Å². The number of allylic oxidation sites excluding steroid dienone is 1. The van der Waals surface area contributed by atoms with E-state index < -0.39 is 17.8 Å². The van der Waals surface area contributed by atoms with Crippen molar-refractivity contribution in [2.24, 2.45) is 5.73 Å². The van der Waals surface area contributed by atoms with Gasteiger partial charge >= 0.3 is 12.2 Å². The average molecular weight is 453 g/mol. The summed E-state index contributed by atoms with van der Waals surface area (Å²) in [7, 11) is 0. The van der Waals surface area contributed by atoms with E-state index in [0.29, 0.717) is 17.8 Å². The molecule has 32 heavy (non-hydrogen) atoms. The fraction of sp³-hybridized carbons (Fsp3) is 0.545. The molecule has 0 saturated heterocycles. The second-order valence-corrected chi connectivity index (χ2v) is 7.50. The zero-order valence-corrected chi connectivity index (χ0v) is 19.4. The molecule has 10 nitrogen and oxygen atoms in total. The van der Waals surface area contributed by atoms with Crippen molar-refractivity contribution in [3.05, 3.63) is 36.6 Å². The van der Waals surface area contributed by atoms with Gasteiger partial charge in [0.15, 0.2) is 6.61 Å². The lowest BCUT2D eigenvalue weighted by molar-refractivity contribution is -0.127. The number of hydrogen-bond donors (Lipinski definition) is 3. The molecule has 1 atom stereocenters. The first-order chi connectivity index (χ1) is 15.0. The van der Waals surface area contributed by atoms with Crippen LogP contribution in [-0.2, 0) is 19.0 Å². The lowest BCUT2D eigenvalue weighted by Gasteiger charge is -2.21. The molecule has 1 unspecified atom stereocenters. The smallest absolute Gasteiger partial charge is 0.407 e. The molecule has 180 valence electrons. The molecule has 0 aromatic rings. The fourth-order valence-electron chi connectivity index (χ4n) is 2.00. The number of nitrogens with one attached hydrogen (secondary N) is 2. The Kier molecular flexibility index (Phi) is 17.6. The number of carbonyl (C=O) groups is 3. The normalized spacial score (nSPS) is 11.7. The van der Waals surface area contributed by atoms with Crippen LogP contribution in [0.15, 0.2) is 36.6 Å². The number of carbonyl (C=O) groups excluding carboxylic acids is 3. The van der Waals surface area contributed by atoms with Crippen LogP contribution in [0.1, 0.15) is 47.0 Å². The molecular formula is C22H36N4O6. The Hall–Kier alpha value is -3.48. The number of nitriles is 1. The minimum atomic E-state index is -0.513. The van der Waals surface area contributed by atoms with Crippen LogP contribution in [0.4, 0.5) is 9.59 Å². The number of unbranched alkanes of at least 4 members (excludes halogenated alkanes) is 1. The van der Waals surface area contributed by atoms with Gasteiger partial charge in [-0.25, -0.2) is 9.59 Å². The zero-order chi connectivity index (χ0) is 25.0. The Labute approximate surface area is 190 Å². The van der Waals surface area contributed by atoms with E-state index in [4.69, 9.17) is 20.5 Å². The Bertz CT molecular complexity index is 677. The van der Waals surface area contributed by atoms with Crippen molar-refractivity contribution < 1.29 is 28.6 Å². The molecule has 0 bridgehead atoms. The van der Waals surface area contributed by atoms with E-state index in [-0.39, 0.29) is 25.7 Å². The number of nitrogens with two attached hydrogens (primary N) is 1. The maximum atomic E-state index is 11.6. The molecule has 10 heteroatoms. The van der Waals surface area contributed by atoms with Crippen LogP contribution < -0.4 is 16.4 Å². The molecule has 0 aromatic heterocycles. The summed E-state index contributed by atoms with van der Waals surface area (Å²) in [6.07, 6.45) is 4.48. The molecule has 0 aliphatic carbocycles. The molecule has 0 fully saturated rings. The topological polar surface area (TPSA) is 153 Å². The highest BCUT2D eigenvalue weighted by Crippen LogP contribution is 2.08. The Morgan fingerprint density at radius 3 is 2.31 bits per heavy atom. The Balaban J connectivity index is 0. The summed E-state index contributed by atoms with van der Waals surface area (Å²) < 4.78 is 14.2. The minimum absolute atomic E-state index is 0.000957. The van der Waals surface area contributed by atoms with E-state index in [0.717, 1.165) is 19.3 Å². The van der Waals surface area contributed by atoms with Gasteiger partial charge in [-0.1, -0.05) is 19.2 Å². The number of rotatable bonds is 12. The SMILES string of the molecule is C=C/C(N)=C(\C=C)COC(=O)NCCCCC(C)NC(=O)OC(C)(C)C.N#CCOC=O. The van der Waals surface area contributed by atoms with E-state index in [1.54, 1.807) is 6.07 Å². The van der Waals surface area contributed by atoms with Gasteiger partial charge in [0.05, 0.1) is 0 Å². The molecule has 0 aliphatic rings. The quantitative estimate of drug-likeness (QED) is 0.177. The van der Waals surface area contributed by atoms with Gasteiger partial charge in [0, 0.05) is 23.9 Å². The first kappa shape index (κ1) is 30.7. The standard InChI is InChI=1S/C19H33N3O4.C3H3NO2/c1-7-15(16(20)8-2)13-25-17(23)21-12-10-9-11-14(3)22-18(24)26-19(4,5)6;4-1-2-6-3-5/h7-8,14H,1-2,9-13,20H2,3-6H3,(H,21,23)(H,22,24);3H,2H2/b16-15-;. The molecule has 0 aliphatic heterocycles. The van der Waals surface area contributed by atoms with Crippen molar-refractivity contribution in [3.8, 4) is 6.07 Å². The second kappa shape index (κ2) is 18.3. The van der Waals surface area contributed by atoms with Crippen LogP contribution in [0, 0.1) is 11.3 Å². The van der Waals surface area contributed by atoms with E-state index in [2.05, 4.69) is 28.5 Å². The first-order valence-corrected chi connectivity index (χ1v) is 10.1. The predicted molar refractivity (Wildman–Crippen MR) is 121 cm³/mol. The molecule has 4 N–H and O–H groups in total. The fourth-order valence-corrected chi connectivity index (χ4v) is 2.00.